The highest BCUT2D eigenvalue weighted by atomic mass is 16.5. The van der Waals surface area contributed by atoms with Gasteiger partial charge in [0.1, 0.15) is 12.4 Å². The molecule has 0 bridgehead atoms. The third-order valence-corrected chi connectivity index (χ3v) is 2.83. The number of aromatic nitrogens is 2. The maximum absolute atomic E-state index is 5.94. The van der Waals surface area contributed by atoms with E-state index >= 15 is 0 Å². The van der Waals surface area contributed by atoms with Crippen LogP contribution in [0.25, 0.3) is 0 Å². The second-order valence-electron chi connectivity index (χ2n) is 4.48. The Morgan fingerprint density at radius 2 is 2.28 bits per heavy atom. The summed E-state index contributed by atoms with van der Waals surface area (Å²) in [6, 6.07) is 6.11. The summed E-state index contributed by atoms with van der Waals surface area (Å²) in [5, 5.41) is 0. The molecule has 0 radical (unpaired) electrons. The van der Waals surface area contributed by atoms with Gasteiger partial charge in [-0.05, 0) is 25.5 Å². The molecule has 0 aliphatic rings. The molecule has 0 saturated heterocycles. The van der Waals surface area contributed by atoms with E-state index in [1.807, 2.05) is 36.7 Å². The Kier molecular flexibility index (Phi) is 3.99. The molecule has 18 heavy (non-hydrogen) atoms. The molecular formula is C14H19N3O. The number of hydrogen-bond donors (Lipinski definition) is 1. The summed E-state index contributed by atoms with van der Waals surface area (Å²) in [4.78, 5) is 4.00. The van der Waals surface area contributed by atoms with E-state index in [0.29, 0.717) is 6.61 Å². The van der Waals surface area contributed by atoms with Crippen LogP contribution in [0.4, 0.5) is 0 Å². The lowest BCUT2D eigenvalue weighted by atomic mass is 10.1. The first-order chi connectivity index (χ1) is 8.66. The molecule has 0 aliphatic carbocycles. The van der Waals surface area contributed by atoms with Gasteiger partial charge in [-0.2, -0.15) is 0 Å². The maximum atomic E-state index is 5.94. The third kappa shape index (κ3) is 3.11. The third-order valence-electron chi connectivity index (χ3n) is 2.83. The summed E-state index contributed by atoms with van der Waals surface area (Å²) >= 11 is 0. The normalized spacial score (nSPS) is 12.4. The highest BCUT2D eigenvalue weighted by molar-refractivity contribution is 5.38. The first-order valence-corrected chi connectivity index (χ1v) is 6.11. The van der Waals surface area contributed by atoms with E-state index in [1.54, 1.807) is 12.5 Å². The van der Waals surface area contributed by atoms with Crippen molar-refractivity contribution in [2.75, 3.05) is 6.61 Å². The van der Waals surface area contributed by atoms with Crippen LogP contribution in [-0.4, -0.2) is 16.2 Å². The van der Waals surface area contributed by atoms with Crippen LogP contribution in [-0.2, 0) is 6.54 Å². The van der Waals surface area contributed by atoms with E-state index in [2.05, 4.69) is 11.1 Å². The minimum Gasteiger partial charge on any atom is -0.491 e. The standard InChI is InChI=1S/C14H19N3O/c1-11-3-4-13(12(2)15)14(9-11)18-8-7-17-6-5-16-10-17/h3-6,9-10,12H,7-8,15H2,1-2H3. The Balaban J connectivity index is 2.01. The SMILES string of the molecule is Cc1ccc(C(C)N)c(OCCn2ccnc2)c1. The zero-order valence-corrected chi connectivity index (χ0v) is 10.8. The highest BCUT2D eigenvalue weighted by Crippen LogP contribution is 2.25. The molecule has 2 N–H and O–H groups in total. The van der Waals surface area contributed by atoms with Crippen molar-refractivity contribution in [3.63, 3.8) is 0 Å². The smallest absolute Gasteiger partial charge is 0.124 e. The Bertz CT molecular complexity index is 492. The molecule has 0 amide bonds. The number of ether oxygens (including phenoxy) is 1. The lowest BCUT2D eigenvalue weighted by Gasteiger charge is -2.15. The van der Waals surface area contributed by atoms with Crippen molar-refractivity contribution in [2.24, 2.45) is 5.73 Å². The molecular weight excluding hydrogens is 226 g/mol. The van der Waals surface area contributed by atoms with Gasteiger partial charge in [0.25, 0.3) is 0 Å². The fourth-order valence-electron chi connectivity index (χ4n) is 1.82. The summed E-state index contributed by atoms with van der Waals surface area (Å²) in [5.74, 6) is 0.880. The van der Waals surface area contributed by atoms with Crippen LogP contribution in [0.3, 0.4) is 0 Å². The van der Waals surface area contributed by atoms with Crippen molar-refractivity contribution in [1.29, 1.82) is 0 Å². The minimum atomic E-state index is -0.0196. The molecule has 2 aromatic rings. The van der Waals surface area contributed by atoms with Gasteiger partial charge in [0.15, 0.2) is 0 Å². The van der Waals surface area contributed by atoms with Crippen molar-refractivity contribution in [3.8, 4) is 5.75 Å². The number of nitrogens with two attached hydrogens (primary N) is 1. The fourth-order valence-corrected chi connectivity index (χ4v) is 1.82. The van der Waals surface area contributed by atoms with Gasteiger partial charge >= 0.3 is 0 Å². The molecule has 1 atom stereocenters. The largest absolute Gasteiger partial charge is 0.491 e. The summed E-state index contributed by atoms with van der Waals surface area (Å²) in [6.07, 6.45) is 5.47. The van der Waals surface area contributed by atoms with Crippen molar-refractivity contribution >= 4 is 0 Å². The van der Waals surface area contributed by atoms with Crippen LogP contribution in [0.1, 0.15) is 24.1 Å². The van der Waals surface area contributed by atoms with E-state index in [-0.39, 0.29) is 6.04 Å². The lowest BCUT2D eigenvalue weighted by molar-refractivity contribution is 0.294. The molecule has 96 valence electrons. The molecule has 1 aromatic heterocycles. The van der Waals surface area contributed by atoms with Gasteiger partial charge < -0.3 is 15.0 Å². The molecule has 2 rings (SSSR count). The van der Waals surface area contributed by atoms with Gasteiger partial charge in [0.2, 0.25) is 0 Å². The van der Waals surface area contributed by atoms with Gasteiger partial charge in [0, 0.05) is 24.0 Å². The van der Waals surface area contributed by atoms with Crippen LogP contribution in [0.2, 0.25) is 0 Å². The molecule has 0 aliphatic heterocycles. The Labute approximate surface area is 107 Å². The van der Waals surface area contributed by atoms with Crippen molar-refractivity contribution in [1.82, 2.24) is 9.55 Å². The van der Waals surface area contributed by atoms with Gasteiger partial charge in [-0.25, -0.2) is 4.98 Å². The average molecular weight is 245 g/mol. The highest BCUT2D eigenvalue weighted by Gasteiger charge is 2.08. The predicted molar refractivity (Wildman–Crippen MR) is 71.5 cm³/mol. The zero-order chi connectivity index (χ0) is 13.0. The Hall–Kier alpha value is -1.81. The van der Waals surface area contributed by atoms with Crippen LogP contribution >= 0.6 is 0 Å². The van der Waals surface area contributed by atoms with Crippen LogP contribution in [0.5, 0.6) is 5.75 Å². The zero-order valence-electron chi connectivity index (χ0n) is 10.8. The monoisotopic (exact) mass is 245 g/mol. The first kappa shape index (κ1) is 12.6. The second-order valence-corrected chi connectivity index (χ2v) is 4.48. The maximum Gasteiger partial charge on any atom is 0.124 e. The van der Waals surface area contributed by atoms with Crippen molar-refractivity contribution in [3.05, 3.63) is 48.0 Å². The Morgan fingerprint density at radius 1 is 1.44 bits per heavy atom. The quantitative estimate of drug-likeness (QED) is 0.879. The van der Waals surface area contributed by atoms with Gasteiger partial charge in [0.05, 0.1) is 12.9 Å². The Morgan fingerprint density at radius 3 is 2.94 bits per heavy atom. The minimum absolute atomic E-state index is 0.0196. The summed E-state index contributed by atoms with van der Waals surface area (Å²) in [7, 11) is 0. The van der Waals surface area contributed by atoms with Crippen LogP contribution < -0.4 is 10.5 Å². The van der Waals surface area contributed by atoms with Gasteiger partial charge in [-0.3, -0.25) is 0 Å². The van der Waals surface area contributed by atoms with Gasteiger partial charge in [-0.15, -0.1) is 0 Å². The van der Waals surface area contributed by atoms with Crippen LogP contribution in [0, 0.1) is 6.92 Å². The van der Waals surface area contributed by atoms with Crippen molar-refractivity contribution in [2.45, 2.75) is 26.4 Å². The summed E-state index contributed by atoms with van der Waals surface area (Å²) in [5.41, 5.74) is 8.16. The number of rotatable bonds is 5. The molecule has 0 fully saturated rings. The second kappa shape index (κ2) is 5.69. The van der Waals surface area contributed by atoms with E-state index in [0.717, 1.165) is 17.9 Å². The molecule has 0 spiro atoms. The molecule has 1 unspecified atom stereocenters. The van der Waals surface area contributed by atoms with Gasteiger partial charge in [-0.1, -0.05) is 12.1 Å². The first-order valence-electron chi connectivity index (χ1n) is 6.11. The number of aryl methyl sites for hydroxylation is 1. The van der Waals surface area contributed by atoms with E-state index < -0.39 is 0 Å². The predicted octanol–water partition coefficient (Wildman–Crippen LogP) is 2.29. The molecule has 4 heteroatoms. The van der Waals surface area contributed by atoms with E-state index in [1.165, 1.54) is 5.56 Å². The molecule has 4 nitrogen and oxygen atoms in total. The number of imidazole rings is 1. The van der Waals surface area contributed by atoms with Crippen molar-refractivity contribution < 1.29 is 4.74 Å². The van der Waals surface area contributed by atoms with E-state index in [4.69, 9.17) is 10.5 Å². The average Bonchev–Trinajstić information content (AvgIpc) is 2.82. The topological polar surface area (TPSA) is 53.1 Å². The van der Waals surface area contributed by atoms with E-state index in [9.17, 15) is 0 Å². The van der Waals surface area contributed by atoms with Crippen LogP contribution in [0.15, 0.2) is 36.9 Å². The summed E-state index contributed by atoms with van der Waals surface area (Å²) in [6.45, 7) is 5.41. The summed E-state index contributed by atoms with van der Waals surface area (Å²) < 4.78 is 7.81. The number of benzene rings is 1. The number of hydrogen-bond acceptors (Lipinski definition) is 3. The molecule has 1 heterocycles. The lowest BCUT2D eigenvalue weighted by Crippen LogP contribution is -2.11. The molecule has 1 aromatic carbocycles. The molecule has 0 saturated carbocycles. The number of nitrogens with zero attached hydrogens (tertiary/aromatic N) is 2. The fraction of sp³-hybridized carbons (Fsp3) is 0.357.